The molecule has 1 aliphatic rings. The first-order valence-corrected chi connectivity index (χ1v) is 9.38. The molecule has 1 saturated carbocycles. The van der Waals surface area contributed by atoms with Gasteiger partial charge < -0.3 is 0 Å². The highest BCUT2D eigenvalue weighted by molar-refractivity contribution is 9.10. The molecule has 1 heterocycles. The summed E-state index contributed by atoms with van der Waals surface area (Å²) in [5, 5.41) is 0. The van der Waals surface area contributed by atoms with Crippen LogP contribution in [0, 0.1) is 5.92 Å². The fourth-order valence-corrected chi connectivity index (χ4v) is 4.84. The van der Waals surface area contributed by atoms with E-state index in [1.54, 1.807) is 12.3 Å². The second kappa shape index (κ2) is 6.30. The third-order valence-corrected chi connectivity index (χ3v) is 6.32. The Morgan fingerprint density at radius 1 is 1.45 bits per heavy atom. The topological polar surface area (TPSA) is 59.1 Å². The first-order chi connectivity index (χ1) is 9.37. The highest BCUT2D eigenvalue weighted by Crippen LogP contribution is 2.34. The first-order valence-electron chi connectivity index (χ1n) is 6.57. The van der Waals surface area contributed by atoms with Gasteiger partial charge in [-0.25, -0.2) is 13.1 Å². The van der Waals surface area contributed by atoms with Crippen LogP contribution in [0.5, 0.6) is 0 Å². The molecule has 0 amide bonds. The molecule has 20 heavy (non-hydrogen) atoms. The fraction of sp³-hybridized carbons (Fsp3) is 0.615. The number of pyridine rings is 1. The van der Waals surface area contributed by atoms with Gasteiger partial charge in [-0.05, 0) is 53.6 Å². The van der Waals surface area contributed by atoms with Gasteiger partial charge in [-0.3, -0.25) is 4.98 Å². The number of sulfonamides is 1. The van der Waals surface area contributed by atoms with Crippen LogP contribution >= 0.6 is 27.5 Å². The molecule has 7 heteroatoms. The first kappa shape index (κ1) is 16.2. The van der Waals surface area contributed by atoms with Crippen LogP contribution in [-0.4, -0.2) is 24.8 Å². The molecule has 1 fully saturated rings. The number of nitrogens with zero attached hydrogens (tertiary/aromatic N) is 1. The molecular formula is C13H18BrClN2O2S. The van der Waals surface area contributed by atoms with Crippen LogP contribution in [0.15, 0.2) is 27.8 Å². The van der Waals surface area contributed by atoms with Crippen molar-refractivity contribution in [1.29, 1.82) is 0 Å². The van der Waals surface area contributed by atoms with Gasteiger partial charge in [-0.2, -0.15) is 0 Å². The molecule has 0 spiro atoms. The lowest BCUT2D eigenvalue weighted by atomic mass is 9.79. The molecule has 0 aromatic carbocycles. The number of halogens is 2. The number of aromatic nitrogens is 1. The van der Waals surface area contributed by atoms with E-state index in [9.17, 15) is 8.42 Å². The predicted molar refractivity (Wildman–Crippen MR) is 83.3 cm³/mol. The molecule has 0 bridgehead atoms. The van der Waals surface area contributed by atoms with E-state index in [4.69, 9.17) is 11.6 Å². The molecule has 0 saturated heterocycles. The average molecular weight is 382 g/mol. The minimum Gasteiger partial charge on any atom is -0.262 e. The van der Waals surface area contributed by atoms with E-state index >= 15 is 0 Å². The second-order valence-electron chi connectivity index (χ2n) is 5.54. The van der Waals surface area contributed by atoms with E-state index in [1.807, 2.05) is 0 Å². The lowest BCUT2D eigenvalue weighted by molar-refractivity contribution is 0.247. The maximum atomic E-state index is 12.5. The van der Waals surface area contributed by atoms with Crippen molar-refractivity contribution in [3.05, 3.63) is 22.9 Å². The van der Waals surface area contributed by atoms with E-state index < -0.39 is 15.6 Å². The van der Waals surface area contributed by atoms with Crippen LogP contribution in [0.1, 0.15) is 32.6 Å². The number of alkyl halides is 1. The van der Waals surface area contributed by atoms with Gasteiger partial charge in [0.1, 0.15) is 4.90 Å². The quantitative estimate of drug-likeness (QED) is 0.814. The van der Waals surface area contributed by atoms with Crippen molar-refractivity contribution >= 4 is 37.6 Å². The van der Waals surface area contributed by atoms with Gasteiger partial charge in [-0.1, -0.05) is 6.92 Å². The molecular weight excluding hydrogens is 364 g/mol. The van der Waals surface area contributed by atoms with Crippen molar-refractivity contribution in [1.82, 2.24) is 9.71 Å². The van der Waals surface area contributed by atoms with Gasteiger partial charge in [0.15, 0.2) is 0 Å². The molecule has 1 N–H and O–H groups in total. The Morgan fingerprint density at radius 2 is 2.10 bits per heavy atom. The van der Waals surface area contributed by atoms with Crippen molar-refractivity contribution in [2.75, 3.05) is 5.88 Å². The summed E-state index contributed by atoms with van der Waals surface area (Å²) in [6.07, 6.45) is 6.44. The van der Waals surface area contributed by atoms with Crippen molar-refractivity contribution in [3.8, 4) is 0 Å². The Morgan fingerprint density at radius 3 is 2.65 bits per heavy atom. The van der Waals surface area contributed by atoms with Gasteiger partial charge in [-0.15, -0.1) is 11.6 Å². The summed E-state index contributed by atoms with van der Waals surface area (Å²) < 4.78 is 28.4. The highest BCUT2D eigenvalue weighted by Gasteiger charge is 2.37. The molecule has 112 valence electrons. The van der Waals surface area contributed by atoms with E-state index in [2.05, 4.69) is 32.6 Å². The van der Waals surface area contributed by atoms with Crippen molar-refractivity contribution in [2.45, 2.75) is 43.0 Å². The van der Waals surface area contributed by atoms with E-state index in [1.165, 1.54) is 6.20 Å². The van der Waals surface area contributed by atoms with Crippen molar-refractivity contribution < 1.29 is 8.42 Å². The lowest BCUT2D eigenvalue weighted by Gasteiger charge is -2.38. The highest BCUT2D eigenvalue weighted by atomic mass is 79.9. The van der Waals surface area contributed by atoms with Crippen LogP contribution in [0.3, 0.4) is 0 Å². The van der Waals surface area contributed by atoms with E-state index in [0.717, 1.165) is 25.7 Å². The molecule has 4 nitrogen and oxygen atoms in total. The summed E-state index contributed by atoms with van der Waals surface area (Å²) in [5.74, 6) is 0.920. The van der Waals surface area contributed by atoms with Crippen molar-refractivity contribution in [2.24, 2.45) is 5.92 Å². The van der Waals surface area contributed by atoms with Gasteiger partial charge in [0.25, 0.3) is 0 Å². The van der Waals surface area contributed by atoms with E-state index in [0.29, 0.717) is 16.3 Å². The Hall–Kier alpha value is -0.170. The third kappa shape index (κ3) is 3.72. The summed E-state index contributed by atoms with van der Waals surface area (Å²) >= 11 is 9.30. The van der Waals surface area contributed by atoms with Gasteiger partial charge in [0, 0.05) is 28.3 Å². The Kier molecular flexibility index (Phi) is 5.10. The van der Waals surface area contributed by atoms with Crippen molar-refractivity contribution in [3.63, 3.8) is 0 Å². The molecule has 0 radical (unpaired) electrons. The lowest BCUT2D eigenvalue weighted by Crippen LogP contribution is -2.51. The molecule has 1 aliphatic carbocycles. The molecule has 2 rings (SSSR count). The minimum absolute atomic E-state index is 0.162. The normalized spacial score (nSPS) is 27.4. The van der Waals surface area contributed by atoms with Gasteiger partial charge in [0.2, 0.25) is 10.0 Å². The summed E-state index contributed by atoms with van der Waals surface area (Å²) in [4.78, 5) is 4.07. The number of hydrogen-bond donors (Lipinski definition) is 1. The summed E-state index contributed by atoms with van der Waals surface area (Å²) in [7, 11) is -3.60. The SMILES string of the molecule is CC1CCC(CCl)(NS(=O)(=O)c2cncc(Br)c2)CC1. The molecule has 0 unspecified atom stereocenters. The molecule has 1 aromatic heterocycles. The van der Waals surface area contributed by atoms with Crippen LogP contribution in [-0.2, 0) is 10.0 Å². The zero-order valence-corrected chi connectivity index (χ0v) is 14.4. The van der Waals surface area contributed by atoms with Gasteiger partial charge >= 0.3 is 0 Å². The summed E-state index contributed by atoms with van der Waals surface area (Å²) in [6.45, 7) is 2.19. The van der Waals surface area contributed by atoms with Crippen LogP contribution in [0.25, 0.3) is 0 Å². The maximum Gasteiger partial charge on any atom is 0.242 e. The summed E-state index contributed by atoms with van der Waals surface area (Å²) in [5.41, 5.74) is -0.533. The maximum absolute atomic E-state index is 12.5. The van der Waals surface area contributed by atoms with Crippen LogP contribution < -0.4 is 4.72 Å². The fourth-order valence-electron chi connectivity index (χ4n) is 2.46. The van der Waals surface area contributed by atoms with Crippen LogP contribution in [0.4, 0.5) is 0 Å². The molecule has 0 atom stereocenters. The minimum atomic E-state index is -3.60. The molecule has 1 aromatic rings. The summed E-state index contributed by atoms with van der Waals surface area (Å²) in [6, 6.07) is 1.54. The zero-order chi connectivity index (χ0) is 14.8. The Labute approximate surface area is 133 Å². The average Bonchev–Trinajstić information content (AvgIpc) is 2.41. The van der Waals surface area contributed by atoms with Gasteiger partial charge in [0.05, 0.1) is 0 Å². The molecule has 0 aliphatic heterocycles. The van der Waals surface area contributed by atoms with Crippen LogP contribution in [0.2, 0.25) is 0 Å². The van der Waals surface area contributed by atoms with E-state index in [-0.39, 0.29) is 4.90 Å². The number of hydrogen-bond acceptors (Lipinski definition) is 3. The largest absolute Gasteiger partial charge is 0.262 e. The Bertz CT molecular complexity index is 571. The number of nitrogens with one attached hydrogen (secondary N) is 1. The standard InChI is InChI=1S/C13H18BrClN2O2S/c1-10-2-4-13(9-15,5-3-10)17-20(18,19)12-6-11(14)7-16-8-12/h6-8,10,17H,2-5,9H2,1H3. The Balaban J connectivity index is 2.22. The second-order valence-corrected chi connectivity index (χ2v) is 8.41. The monoisotopic (exact) mass is 380 g/mol. The predicted octanol–water partition coefficient (Wildman–Crippen LogP) is 3.31. The number of rotatable bonds is 4. The zero-order valence-electron chi connectivity index (χ0n) is 11.3. The smallest absolute Gasteiger partial charge is 0.242 e. The third-order valence-electron chi connectivity index (χ3n) is 3.83.